The first-order chi connectivity index (χ1) is 10.8. The summed E-state index contributed by atoms with van der Waals surface area (Å²) in [5.41, 5.74) is 2.74. The second kappa shape index (κ2) is 9.12. The van der Waals surface area contributed by atoms with Crippen molar-refractivity contribution in [1.29, 1.82) is 0 Å². The normalized spacial score (nSPS) is 12.4. The SMILES string of the molecule is CCS/C(=C(/c1ccccc1)[S+](CC)CC)c1ccccc1. The molecule has 0 nitrogen and oxygen atoms in total. The standard InChI is InChI=1S/C20H25S2/c1-4-21-19(17-13-9-7-10-14-17)20(22(5-2)6-3)18-15-11-8-12-16-18/h7-16H,4-6H2,1-3H3/q+1/b20-19-. The molecule has 0 heterocycles. The lowest BCUT2D eigenvalue weighted by molar-refractivity contribution is 1.44. The molecule has 0 aliphatic carbocycles. The fourth-order valence-electron chi connectivity index (χ4n) is 2.53. The molecule has 0 N–H and O–H groups in total. The highest BCUT2D eigenvalue weighted by molar-refractivity contribution is 8.12. The number of benzene rings is 2. The van der Waals surface area contributed by atoms with E-state index in [2.05, 4.69) is 81.4 Å². The smallest absolute Gasteiger partial charge is 0.121 e. The number of rotatable bonds is 7. The van der Waals surface area contributed by atoms with Gasteiger partial charge >= 0.3 is 0 Å². The second-order valence-electron chi connectivity index (χ2n) is 4.89. The Hall–Kier alpha value is -1.12. The zero-order chi connectivity index (χ0) is 15.8. The number of hydrogen-bond acceptors (Lipinski definition) is 1. The largest absolute Gasteiger partial charge is 0.176 e. The minimum absolute atomic E-state index is 0.300. The third-order valence-electron chi connectivity index (χ3n) is 3.55. The molecule has 0 fully saturated rings. The van der Waals surface area contributed by atoms with Crippen LogP contribution in [0.4, 0.5) is 0 Å². The highest BCUT2D eigenvalue weighted by atomic mass is 32.2. The molecule has 0 aliphatic heterocycles. The third kappa shape index (κ3) is 4.21. The Morgan fingerprint density at radius 2 is 1.27 bits per heavy atom. The monoisotopic (exact) mass is 329 g/mol. The van der Waals surface area contributed by atoms with Crippen LogP contribution in [0, 0.1) is 0 Å². The summed E-state index contributed by atoms with van der Waals surface area (Å²) in [6, 6.07) is 21.8. The Balaban J connectivity index is 2.65. The molecule has 0 saturated carbocycles. The lowest BCUT2D eigenvalue weighted by atomic mass is 10.1. The Kier molecular flexibility index (Phi) is 7.14. The highest BCUT2D eigenvalue weighted by Crippen LogP contribution is 2.39. The molecular formula is C20H25S2+. The molecule has 0 atom stereocenters. The van der Waals surface area contributed by atoms with E-state index in [1.165, 1.54) is 27.5 Å². The lowest BCUT2D eigenvalue weighted by Crippen LogP contribution is -2.11. The molecule has 2 rings (SSSR count). The van der Waals surface area contributed by atoms with Crippen molar-refractivity contribution in [3.8, 4) is 0 Å². The molecule has 0 bridgehead atoms. The van der Waals surface area contributed by atoms with Crippen molar-refractivity contribution >= 4 is 32.5 Å². The molecule has 2 aromatic carbocycles. The molecule has 0 unspecified atom stereocenters. The zero-order valence-corrected chi connectivity index (χ0v) is 15.3. The van der Waals surface area contributed by atoms with Crippen LogP contribution in [-0.2, 0) is 10.9 Å². The number of thioether (sulfide) groups is 1. The van der Waals surface area contributed by atoms with E-state index in [9.17, 15) is 0 Å². The van der Waals surface area contributed by atoms with Crippen LogP contribution in [0.25, 0.3) is 9.81 Å². The molecular weight excluding hydrogens is 304 g/mol. The van der Waals surface area contributed by atoms with Crippen LogP contribution in [0.15, 0.2) is 60.7 Å². The summed E-state index contributed by atoms with van der Waals surface area (Å²) in [7, 11) is 0.300. The molecule has 0 radical (unpaired) electrons. The topological polar surface area (TPSA) is 0 Å². The summed E-state index contributed by atoms with van der Waals surface area (Å²) in [6.07, 6.45) is 0. The first kappa shape index (κ1) is 17.2. The summed E-state index contributed by atoms with van der Waals surface area (Å²) >= 11 is 1.98. The maximum absolute atomic E-state index is 2.31. The van der Waals surface area contributed by atoms with Crippen LogP contribution in [0.3, 0.4) is 0 Å². The second-order valence-corrected chi connectivity index (χ2v) is 8.72. The van der Waals surface area contributed by atoms with Crippen LogP contribution in [0.5, 0.6) is 0 Å². The first-order valence-electron chi connectivity index (χ1n) is 7.97. The van der Waals surface area contributed by atoms with Crippen LogP contribution in [0.1, 0.15) is 31.9 Å². The van der Waals surface area contributed by atoms with Crippen LogP contribution >= 0.6 is 11.8 Å². The lowest BCUT2D eigenvalue weighted by Gasteiger charge is -2.15. The van der Waals surface area contributed by atoms with Crippen molar-refractivity contribution < 1.29 is 0 Å². The first-order valence-corrected chi connectivity index (χ1v) is 10.5. The van der Waals surface area contributed by atoms with Gasteiger partial charge < -0.3 is 0 Å². The van der Waals surface area contributed by atoms with E-state index in [1.54, 1.807) is 4.91 Å². The van der Waals surface area contributed by atoms with E-state index in [4.69, 9.17) is 0 Å². The van der Waals surface area contributed by atoms with Gasteiger partial charge in [0, 0.05) is 16.5 Å². The van der Waals surface area contributed by atoms with E-state index >= 15 is 0 Å². The van der Waals surface area contributed by atoms with E-state index in [-0.39, 0.29) is 0 Å². The Morgan fingerprint density at radius 3 is 1.73 bits per heavy atom. The molecule has 0 aliphatic rings. The van der Waals surface area contributed by atoms with Gasteiger partial charge in [0.05, 0.1) is 4.91 Å². The Morgan fingerprint density at radius 1 is 0.773 bits per heavy atom. The fourth-order valence-corrected chi connectivity index (χ4v) is 5.73. The average molecular weight is 330 g/mol. The van der Waals surface area contributed by atoms with Crippen molar-refractivity contribution in [2.24, 2.45) is 0 Å². The van der Waals surface area contributed by atoms with Crippen molar-refractivity contribution in [3.63, 3.8) is 0 Å². The maximum atomic E-state index is 2.31. The van der Waals surface area contributed by atoms with E-state index in [0.29, 0.717) is 10.9 Å². The van der Waals surface area contributed by atoms with Gasteiger partial charge in [-0.25, -0.2) is 0 Å². The molecule has 0 saturated heterocycles. The summed E-state index contributed by atoms with van der Waals surface area (Å²) < 4.78 is 0. The van der Waals surface area contributed by atoms with Gasteiger partial charge in [-0.3, -0.25) is 0 Å². The summed E-state index contributed by atoms with van der Waals surface area (Å²) in [5.74, 6) is 3.52. The van der Waals surface area contributed by atoms with Crippen molar-refractivity contribution in [3.05, 3.63) is 71.8 Å². The predicted molar refractivity (Wildman–Crippen MR) is 106 cm³/mol. The fraction of sp³-hybridized carbons (Fsp3) is 0.300. The summed E-state index contributed by atoms with van der Waals surface area (Å²) in [5, 5.41) is 0. The van der Waals surface area contributed by atoms with Gasteiger partial charge in [-0.15, -0.1) is 11.8 Å². The molecule has 116 valence electrons. The van der Waals surface area contributed by atoms with Gasteiger partial charge in [-0.2, -0.15) is 0 Å². The quantitative estimate of drug-likeness (QED) is 0.448. The van der Waals surface area contributed by atoms with Crippen LogP contribution in [-0.4, -0.2) is 17.3 Å². The van der Waals surface area contributed by atoms with E-state index in [1.807, 2.05) is 11.8 Å². The van der Waals surface area contributed by atoms with Crippen LogP contribution in [0.2, 0.25) is 0 Å². The number of hydrogen-bond donors (Lipinski definition) is 0. The molecule has 0 spiro atoms. The van der Waals surface area contributed by atoms with Crippen molar-refractivity contribution in [2.75, 3.05) is 17.3 Å². The van der Waals surface area contributed by atoms with E-state index < -0.39 is 0 Å². The predicted octanol–water partition coefficient (Wildman–Crippen LogP) is 5.92. The van der Waals surface area contributed by atoms with Crippen LogP contribution < -0.4 is 0 Å². The molecule has 0 amide bonds. The highest BCUT2D eigenvalue weighted by Gasteiger charge is 2.27. The summed E-state index contributed by atoms with van der Waals surface area (Å²) in [6.45, 7) is 6.87. The zero-order valence-electron chi connectivity index (χ0n) is 13.7. The molecule has 0 aromatic heterocycles. The maximum Gasteiger partial charge on any atom is 0.176 e. The van der Waals surface area contributed by atoms with E-state index in [0.717, 1.165) is 5.75 Å². The third-order valence-corrected chi connectivity index (χ3v) is 7.11. The van der Waals surface area contributed by atoms with Crippen molar-refractivity contribution in [1.82, 2.24) is 0 Å². The minimum atomic E-state index is 0.300. The molecule has 2 heteroatoms. The van der Waals surface area contributed by atoms with Crippen molar-refractivity contribution in [2.45, 2.75) is 20.8 Å². The Bertz CT molecular complexity index is 584. The van der Waals surface area contributed by atoms with Gasteiger partial charge in [-0.1, -0.05) is 55.5 Å². The average Bonchev–Trinajstić information content (AvgIpc) is 2.59. The van der Waals surface area contributed by atoms with Gasteiger partial charge in [-0.05, 0) is 37.3 Å². The van der Waals surface area contributed by atoms with Gasteiger partial charge in [0.1, 0.15) is 11.5 Å². The summed E-state index contributed by atoms with van der Waals surface area (Å²) in [4.78, 5) is 3.00. The molecule has 22 heavy (non-hydrogen) atoms. The van der Waals surface area contributed by atoms with Gasteiger partial charge in [0.25, 0.3) is 0 Å². The molecule has 2 aromatic rings. The van der Waals surface area contributed by atoms with Gasteiger partial charge in [0.15, 0.2) is 4.91 Å². The van der Waals surface area contributed by atoms with Gasteiger partial charge in [0.2, 0.25) is 0 Å². The Labute approximate surface area is 142 Å². The minimum Gasteiger partial charge on any atom is -0.121 e.